The number of carbonyl (C=O) groups excluding carboxylic acids is 2. The number of benzene rings is 1. The van der Waals surface area contributed by atoms with Crippen molar-refractivity contribution < 1.29 is 14.3 Å². The van der Waals surface area contributed by atoms with E-state index in [1.807, 2.05) is 29.9 Å². The summed E-state index contributed by atoms with van der Waals surface area (Å²) in [6.07, 6.45) is 7.18. The fourth-order valence-electron chi connectivity index (χ4n) is 4.00. The van der Waals surface area contributed by atoms with Gasteiger partial charge >= 0.3 is 5.97 Å². The van der Waals surface area contributed by atoms with Crippen LogP contribution in [0.1, 0.15) is 63.4 Å². The fourth-order valence-corrected chi connectivity index (χ4v) is 6.00. The van der Waals surface area contributed by atoms with E-state index in [4.69, 9.17) is 17.0 Å². The topological polar surface area (TPSA) is 85.3 Å². The van der Waals surface area contributed by atoms with Gasteiger partial charge in [-0.15, -0.1) is 11.3 Å². The number of nitrogens with zero attached hydrogens (tertiary/aromatic N) is 2. The number of rotatable bonds is 7. The van der Waals surface area contributed by atoms with Crippen molar-refractivity contribution in [1.82, 2.24) is 15.1 Å². The van der Waals surface area contributed by atoms with E-state index in [9.17, 15) is 9.59 Å². The molecule has 1 aliphatic rings. The van der Waals surface area contributed by atoms with Crippen molar-refractivity contribution in [3.05, 3.63) is 68.3 Å². The van der Waals surface area contributed by atoms with E-state index in [-0.39, 0.29) is 17.0 Å². The van der Waals surface area contributed by atoms with Gasteiger partial charge in [0.2, 0.25) is 0 Å². The molecular weight excluding hydrogens is 548 g/mol. The van der Waals surface area contributed by atoms with Gasteiger partial charge in [0, 0.05) is 16.6 Å². The summed E-state index contributed by atoms with van der Waals surface area (Å²) in [5.41, 5.74) is 3.11. The van der Waals surface area contributed by atoms with E-state index < -0.39 is 0 Å². The number of amides is 1. The Morgan fingerprint density at radius 1 is 1.31 bits per heavy atom. The average Bonchev–Trinajstić information content (AvgIpc) is 3.39. The van der Waals surface area contributed by atoms with Gasteiger partial charge in [-0.2, -0.15) is 5.10 Å². The van der Waals surface area contributed by atoms with Crippen LogP contribution in [0, 0.1) is 5.92 Å². The number of anilines is 1. The Hall–Kier alpha value is -2.56. The number of thiocarbonyl (C=S) groups is 1. The lowest BCUT2D eigenvalue weighted by Crippen LogP contribution is -2.34. The molecule has 184 valence electrons. The van der Waals surface area contributed by atoms with Crippen molar-refractivity contribution in [2.75, 3.05) is 11.9 Å². The first-order valence-electron chi connectivity index (χ1n) is 11.5. The maximum atomic E-state index is 12.8. The van der Waals surface area contributed by atoms with E-state index in [1.165, 1.54) is 16.2 Å². The summed E-state index contributed by atoms with van der Waals surface area (Å²) < 4.78 is 8.17. The first-order chi connectivity index (χ1) is 16.8. The van der Waals surface area contributed by atoms with Gasteiger partial charge in [-0.3, -0.25) is 14.8 Å². The van der Waals surface area contributed by atoms with Crippen LogP contribution in [0.25, 0.3) is 0 Å². The molecule has 3 aromatic rings. The van der Waals surface area contributed by atoms with Gasteiger partial charge in [0.1, 0.15) is 5.00 Å². The van der Waals surface area contributed by atoms with Crippen molar-refractivity contribution in [2.45, 2.75) is 46.1 Å². The van der Waals surface area contributed by atoms with Crippen molar-refractivity contribution in [2.24, 2.45) is 5.92 Å². The van der Waals surface area contributed by atoms with Gasteiger partial charge in [-0.1, -0.05) is 26.0 Å². The van der Waals surface area contributed by atoms with Gasteiger partial charge in [-0.25, -0.2) is 4.79 Å². The molecule has 0 spiro atoms. The molecule has 2 heterocycles. The average molecular weight is 576 g/mol. The summed E-state index contributed by atoms with van der Waals surface area (Å²) >= 11 is 10.3. The number of nitrogens with one attached hydrogen (secondary N) is 2. The minimum absolute atomic E-state index is 0.150. The molecule has 2 N–H and O–H groups in total. The second-order valence-corrected chi connectivity index (χ2v) is 11.1. The zero-order valence-corrected chi connectivity index (χ0v) is 22.8. The Bertz CT molecular complexity index is 1240. The van der Waals surface area contributed by atoms with Crippen LogP contribution < -0.4 is 10.6 Å². The molecule has 0 aliphatic heterocycles. The molecule has 4 rings (SSSR count). The van der Waals surface area contributed by atoms with Crippen molar-refractivity contribution in [3.8, 4) is 0 Å². The van der Waals surface area contributed by atoms with Crippen molar-refractivity contribution in [1.29, 1.82) is 0 Å². The maximum absolute atomic E-state index is 12.8. The highest BCUT2D eigenvalue weighted by Crippen LogP contribution is 2.40. The van der Waals surface area contributed by atoms with Crippen molar-refractivity contribution in [3.63, 3.8) is 0 Å². The monoisotopic (exact) mass is 574 g/mol. The predicted molar refractivity (Wildman–Crippen MR) is 145 cm³/mol. The van der Waals surface area contributed by atoms with Gasteiger partial charge in [0.05, 0.1) is 29.4 Å². The maximum Gasteiger partial charge on any atom is 0.341 e. The number of hydrogen-bond donors (Lipinski definition) is 2. The normalized spacial score (nSPS) is 14.8. The summed E-state index contributed by atoms with van der Waals surface area (Å²) in [7, 11) is 0. The van der Waals surface area contributed by atoms with Crippen LogP contribution in [0.15, 0.2) is 41.1 Å². The highest BCUT2D eigenvalue weighted by atomic mass is 79.9. The quantitative estimate of drug-likeness (QED) is 0.283. The second-order valence-electron chi connectivity index (χ2n) is 8.65. The summed E-state index contributed by atoms with van der Waals surface area (Å²) in [5, 5.41) is 10.8. The van der Waals surface area contributed by atoms with Crippen LogP contribution in [-0.4, -0.2) is 33.4 Å². The molecular formula is C25H27BrN4O3S2. The molecule has 1 amide bonds. The summed E-state index contributed by atoms with van der Waals surface area (Å²) in [6.45, 7) is 5.15. The molecule has 0 fully saturated rings. The number of hydrogen-bond acceptors (Lipinski definition) is 6. The highest BCUT2D eigenvalue weighted by Gasteiger charge is 2.29. The molecule has 1 aromatic carbocycles. The number of ether oxygens (including phenoxy) is 1. The Balaban J connectivity index is 1.43. The first kappa shape index (κ1) is 25.5. The van der Waals surface area contributed by atoms with Crippen LogP contribution in [0.2, 0.25) is 0 Å². The highest BCUT2D eigenvalue weighted by molar-refractivity contribution is 9.10. The molecule has 0 bridgehead atoms. The third-order valence-corrected chi connectivity index (χ3v) is 7.55. The summed E-state index contributed by atoms with van der Waals surface area (Å²) in [4.78, 5) is 26.8. The van der Waals surface area contributed by atoms with Gasteiger partial charge < -0.3 is 10.1 Å². The zero-order chi connectivity index (χ0) is 24.9. The smallest absolute Gasteiger partial charge is 0.341 e. The molecule has 0 saturated heterocycles. The van der Waals surface area contributed by atoms with Crippen LogP contribution in [0.3, 0.4) is 0 Å². The second kappa shape index (κ2) is 11.5. The van der Waals surface area contributed by atoms with Crippen LogP contribution >= 0.6 is 39.5 Å². The standard InChI is InChI=1S/C25H27BrN4O3S2/c1-3-10-33-24(32)21-19-9-4-15(2)11-20(19)35-23(21)29-25(34)28-22(31)17-7-5-16(6-8-17)13-30-14-18(26)12-27-30/h5-8,12,14-15H,3-4,9-11,13H2,1-2H3,(H2,28,29,31,34)/t15-/m1/s1. The Morgan fingerprint density at radius 2 is 2.09 bits per heavy atom. The van der Waals surface area contributed by atoms with E-state index in [0.29, 0.717) is 35.2 Å². The van der Waals surface area contributed by atoms with Gasteiger partial charge in [0.25, 0.3) is 5.91 Å². The Labute approximate surface area is 222 Å². The molecule has 0 unspecified atom stereocenters. The molecule has 1 atom stereocenters. The number of carbonyl (C=O) groups is 2. The Morgan fingerprint density at radius 3 is 2.77 bits per heavy atom. The third kappa shape index (κ3) is 6.36. The van der Waals surface area contributed by atoms with E-state index in [2.05, 4.69) is 38.6 Å². The van der Waals surface area contributed by atoms with Crippen LogP contribution in [-0.2, 0) is 24.1 Å². The lowest BCUT2D eigenvalue weighted by Gasteiger charge is -2.18. The lowest BCUT2D eigenvalue weighted by molar-refractivity contribution is 0.0505. The van der Waals surface area contributed by atoms with Crippen LogP contribution in [0.4, 0.5) is 5.00 Å². The largest absolute Gasteiger partial charge is 0.462 e. The fraction of sp³-hybridized carbons (Fsp3) is 0.360. The van der Waals surface area contributed by atoms with E-state index in [1.54, 1.807) is 18.3 Å². The summed E-state index contributed by atoms with van der Waals surface area (Å²) in [5.74, 6) is -0.0887. The van der Waals surface area contributed by atoms with Gasteiger partial charge in [0.15, 0.2) is 5.11 Å². The molecule has 0 radical (unpaired) electrons. The molecule has 10 heteroatoms. The zero-order valence-electron chi connectivity index (χ0n) is 19.6. The third-order valence-electron chi connectivity index (χ3n) is 5.77. The molecule has 2 aromatic heterocycles. The molecule has 1 aliphatic carbocycles. The number of fused-ring (bicyclic) bond motifs is 1. The number of thiophene rings is 1. The molecule has 35 heavy (non-hydrogen) atoms. The molecule has 7 nitrogen and oxygen atoms in total. The predicted octanol–water partition coefficient (Wildman–Crippen LogP) is 5.57. The lowest BCUT2D eigenvalue weighted by atomic mass is 9.88. The molecule has 0 saturated carbocycles. The number of esters is 1. The van der Waals surface area contributed by atoms with E-state index in [0.717, 1.165) is 41.3 Å². The number of aromatic nitrogens is 2. The van der Waals surface area contributed by atoms with Crippen molar-refractivity contribution >= 4 is 61.5 Å². The SMILES string of the molecule is CCCOC(=O)c1c(NC(=S)NC(=O)c2ccc(Cn3cc(Br)cn3)cc2)sc2c1CC[C@@H](C)C2. The minimum Gasteiger partial charge on any atom is -0.462 e. The summed E-state index contributed by atoms with van der Waals surface area (Å²) in [6, 6.07) is 7.28. The van der Waals surface area contributed by atoms with Crippen LogP contribution in [0.5, 0.6) is 0 Å². The number of halogens is 1. The minimum atomic E-state index is -0.338. The van der Waals surface area contributed by atoms with E-state index >= 15 is 0 Å². The van der Waals surface area contributed by atoms with Gasteiger partial charge in [-0.05, 0) is 83.0 Å². The Kier molecular flexibility index (Phi) is 8.35. The first-order valence-corrected chi connectivity index (χ1v) is 13.6.